The Labute approximate surface area is 163 Å². The number of carbonyl (C=O) groups is 1. The van der Waals surface area contributed by atoms with E-state index in [2.05, 4.69) is 31.3 Å². The van der Waals surface area contributed by atoms with Crippen molar-refractivity contribution in [1.29, 1.82) is 0 Å². The molecule has 0 bridgehead atoms. The van der Waals surface area contributed by atoms with Crippen LogP contribution in [0.4, 0.5) is 16.2 Å². The smallest absolute Gasteiger partial charge is 0.323 e. The van der Waals surface area contributed by atoms with Crippen LogP contribution >= 0.6 is 27.5 Å². The Hall–Kier alpha value is -1.81. The molecule has 0 heterocycles. The first-order chi connectivity index (χ1) is 12.3. The number of para-hydroxylation sites is 1. The number of hydrogen-bond donors (Lipinski definition) is 4. The Bertz CT molecular complexity index is 964. The number of hydrogen-bond acceptors (Lipinski definition) is 4. The second-order valence-electron chi connectivity index (χ2n) is 5.73. The molecule has 7 nitrogen and oxygen atoms in total. The molecule has 138 valence electrons. The van der Waals surface area contributed by atoms with Crippen molar-refractivity contribution >= 4 is 55.0 Å². The summed E-state index contributed by atoms with van der Waals surface area (Å²) in [5.41, 5.74) is 0.442. The van der Waals surface area contributed by atoms with E-state index in [9.17, 15) is 18.3 Å². The lowest BCUT2D eigenvalue weighted by Gasteiger charge is -2.14. The van der Waals surface area contributed by atoms with Gasteiger partial charge in [0, 0.05) is 10.5 Å². The number of aromatic hydroxyl groups is 1. The number of halogens is 2. The molecule has 1 saturated carbocycles. The first-order valence-electron chi connectivity index (χ1n) is 7.64. The molecule has 0 atom stereocenters. The van der Waals surface area contributed by atoms with Crippen molar-refractivity contribution in [1.82, 2.24) is 4.72 Å². The van der Waals surface area contributed by atoms with Crippen molar-refractivity contribution in [3.63, 3.8) is 0 Å². The van der Waals surface area contributed by atoms with Gasteiger partial charge >= 0.3 is 6.03 Å². The van der Waals surface area contributed by atoms with Crippen LogP contribution in [0.2, 0.25) is 5.02 Å². The minimum Gasteiger partial charge on any atom is -0.504 e. The van der Waals surface area contributed by atoms with E-state index in [1.807, 2.05) is 0 Å². The summed E-state index contributed by atoms with van der Waals surface area (Å²) in [5.74, 6) is -0.618. The van der Waals surface area contributed by atoms with E-state index in [0.29, 0.717) is 10.2 Å². The van der Waals surface area contributed by atoms with Gasteiger partial charge in [0.1, 0.15) is 4.90 Å². The third-order valence-corrected chi connectivity index (χ3v) is 6.33. The van der Waals surface area contributed by atoms with Crippen molar-refractivity contribution in [2.45, 2.75) is 23.8 Å². The van der Waals surface area contributed by atoms with Crippen LogP contribution in [-0.2, 0) is 10.0 Å². The Balaban J connectivity index is 1.83. The predicted molar refractivity (Wildman–Crippen MR) is 103 cm³/mol. The topological polar surface area (TPSA) is 108 Å². The van der Waals surface area contributed by atoms with E-state index in [-0.39, 0.29) is 16.8 Å². The number of phenolic OH excluding ortho intramolecular Hbond substituents is 1. The van der Waals surface area contributed by atoms with Crippen LogP contribution in [0.3, 0.4) is 0 Å². The van der Waals surface area contributed by atoms with Crippen molar-refractivity contribution in [2.75, 3.05) is 10.6 Å². The molecule has 3 rings (SSSR count). The molecular weight excluding hydrogens is 446 g/mol. The molecule has 0 aliphatic heterocycles. The Morgan fingerprint density at radius 3 is 2.42 bits per heavy atom. The highest BCUT2D eigenvalue weighted by molar-refractivity contribution is 9.10. The first-order valence-corrected chi connectivity index (χ1v) is 10.3. The fourth-order valence-electron chi connectivity index (χ4n) is 2.22. The maximum atomic E-state index is 12.4. The summed E-state index contributed by atoms with van der Waals surface area (Å²) in [6.07, 6.45) is 1.48. The lowest BCUT2D eigenvalue weighted by atomic mass is 10.3. The quantitative estimate of drug-likeness (QED) is 0.508. The number of benzene rings is 2. The molecular formula is C16H15BrClN3O4S. The van der Waals surface area contributed by atoms with Gasteiger partial charge in [-0.3, -0.25) is 0 Å². The van der Waals surface area contributed by atoms with Gasteiger partial charge in [-0.1, -0.05) is 23.7 Å². The van der Waals surface area contributed by atoms with Gasteiger partial charge in [-0.15, -0.1) is 0 Å². The zero-order valence-electron chi connectivity index (χ0n) is 13.3. The summed E-state index contributed by atoms with van der Waals surface area (Å²) in [4.78, 5) is 11.7. The maximum absolute atomic E-state index is 12.4. The average molecular weight is 461 g/mol. The average Bonchev–Trinajstić information content (AvgIpc) is 3.35. The highest BCUT2D eigenvalue weighted by Gasteiger charge is 2.32. The van der Waals surface area contributed by atoms with Crippen LogP contribution in [0.1, 0.15) is 12.8 Å². The van der Waals surface area contributed by atoms with Gasteiger partial charge < -0.3 is 15.7 Å². The molecule has 0 spiro atoms. The second kappa shape index (κ2) is 7.43. The van der Waals surface area contributed by atoms with Crippen molar-refractivity contribution in [3.8, 4) is 5.75 Å². The number of amides is 2. The summed E-state index contributed by atoms with van der Waals surface area (Å²) in [6, 6.07) is 8.81. The molecule has 0 unspecified atom stereocenters. The number of urea groups is 1. The van der Waals surface area contributed by atoms with E-state index >= 15 is 0 Å². The summed E-state index contributed by atoms with van der Waals surface area (Å²) in [7, 11) is -3.99. The third-order valence-electron chi connectivity index (χ3n) is 3.62. The molecule has 4 N–H and O–H groups in total. The molecule has 2 amide bonds. The molecule has 2 aromatic carbocycles. The normalized spacial score (nSPS) is 14.1. The van der Waals surface area contributed by atoms with E-state index in [1.165, 1.54) is 12.1 Å². The molecule has 0 radical (unpaired) electrons. The number of nitrogens with one attached hydrogen (secondary N) is 3. The highest BCUT2D eigenvalue weighted by atomic mass is 79.9. The Morgan fingerprint density at radius 2 is 1.77 bits per heavy atom. The summed E-state index contributed by atoms with van der Waals surface area (Å²) >= 11 is 9.27. The first kappa shape index (κ1) is 19.0. The largest absolute Gasteiger partial charge is 0.504 e. The van der Waals surface area contributed by atoms with Gasteiger partial charge in [0.15, 0.2) is 5.75 Å². The van der Waals surface area contributed by atoms with Gasteiger partial charge in [0.25, 0.3) is 0 Å². The Morgan fingerprint density at radius 1 is 1.12 bits per heavy atom. The lowest BCUT2D eigenvalue weighted by Crippen LogP contribution is -2.26. The van der Waals surface area contributed by atoms with Crippen molar-refractivity contribution in [3.05, 3.63) is 45.9 Å². The fourth-order valence-corrected chi connectivity index (χ4v) is 4.54. The van der Waals surface area contributed by atoms with Crippen LogP contribution in [0.15, 0.2) is 45.8 Å². The van der Waals surface area contributed by atoms with Gasteiger partial charge in [-0.25, -0.2) is 17.9 Å². The van der Waals surface area contributed by atoms with E-state index in [4.69, 9.17) is 11.6 Å². The number of carbonyl (C=O) groups excluding carboxylic acids is 1. The minimum atomic E-state index is -3.99. The summed E-state index contributed by atoms with van der Waals surface area (Å²) < 4.78 is 27.9. The fraction of sp³-hybridized carbons (Fsp3) is 0.188. The van der Waals surface area contributed by atoms with E-state index < -0.39 is 26.7 Å². The monoisotopic (exact) mass is 459 g/mol. The standard InChI is InChI=1S/C16H15BrClN3O4S/c17-10-3-1-2-4-12(10)19-16(23)20-13-8-7-11(18)15(14(13)22)26(24,25)21-9-5-6-9/h1-4,7-9,21-22H,5-6H2,(H2,19,20,23). The van der Waals surface area contributed by atoms with Gasteiger partial charge in [0.05, 0.1) is 16.4 Å². The van der Waals surface area contributed by atoms with Crippen LogP contribution in [0.5, 0.6) is 5.75 Å². The van der Waals surface area contributed by atoms with Gasteiger partial charge in [-0.2, -0.15) is 0 Å². The molecule has 1 fully saturated rings. The van der Waals surface area contributed by atoms with Crippen molar-refractivity contribution in [2.24, 2.45) is 0 Å². The van der Waals surface area contributed by atoms with Crippen LogP contribution in [0, 0.1) is 0 Å². The van der Waals surface area contributed by atoms with Crippen LogP contribution in [0.25, 0.3) is 0 Å². The molecule has 0 aromatic heterocycles. The molecule has 2 aromatic rings. The molecule has 0 saturated heterocycles. The number of anilines is 2. The minimum absolute atomic E-state index is 0.0740. The molecule has 1 aliphatic carbocycles. The summed E-state index contributed by atoms with van der Waals surface area (Å²) in [5, 5.41) is 15.2. The van der Waals surface area contributed by atoms with E-state index in [1.54, 1.807) is 24.3 Å². The lowest BCUT2D eigenvalue weighted by molar-refractivity contribution is 0.262. The zero-order chi connectivity index (χ0) is 18.9. The molecule has 1 aliphatic rings. The second-order valence-corrected chi connectivity index (χ2v) is 8.64. The number of phenols is 1. The van der Waals surface area contributed by atoms with Crippen LogP contribution in [-0.4, -0.2) is 25.6 Å². The number of rotatable bonds is 5. The van der Waals surface area contributed by atoms with Gasteiger partial charge in [0.2, 0.25) is 10.0 Å². The van der Waals surface area contributed by atoms with Crippen LogP contribution < -0.4 is 15.4 Å². The predicted octanol–water partition coefficient (Wildman–Crippen LogP) is 3.89. The van der Waals surface area contributed by atoms with E-state index in [0.717, 1.165) is 12.8 Å². The maximum Gasteiger partial charge on any atom is 0.323 e. The number of sulfonamides is 1. The third kappa shape index (κ3) is 4.29. The van der Waals surface area contributed by atoms with Gasteiger partial charge in [-0.05, 0) is 53.0 Å². The zero-order valence-corrected chi connectivity index (χ0v) is 16.5. The highest BCUT2D eigenvalue weighted by Crippen LogP contribution is 2.38. The Kier molecular flexibility index (Phi) is 5.42. The van der Waals surface area contributed by atoms with Crippen molar-refractivity contribution < 1.29 is 18.3 Å². The molecule has 26 heavy (non-hydrogen) atoms. The summed E-state index contributed by atoms with van der Waals surface area (Å²) in [6.45, 7) is 0. The SMILES string of the molecule is O=C(Nc1ccccc1Br)Nc1ccc(Cl)c(S(=O)(=O)NC2CC2)c1O. The molecule has 10 heteroatoms.